The predicted octanol–water partition coefficient (Wildman–Crippen LogP) is 2.12. The summed E-state index contributed by atoms with van der Waals surface area (Å²) in [5, 5.41) is 3.34. The van der Waals surface area contributed by atoms with Crippen molar-refractivity contribution in [1.29, 1.82) is 0 Å². The van der Waals surface area contributed by atoms with Gasteiger partial charge in [0.25, 0.3) is 0 Å². The number of aromatic nitrogens is 1. The van der Waals surface area contributed by atoms with Gasteiger partial charge in [-0.25, -0.2) is 4.98 Å². The van der Waals surface area contributed by atoms with E-state index in [2.05, 4.69) is 10.4 Å². The van der Waals surface area contributed by atoms with Crippen molar-refractivity contribution in [1.82, 2.24) is 4.98 Å². The molecule has 0 bridgehead atoms. The van der Waals surface area contributed by atoms with Crippen LogP contribution in [0.2, 0.25) is 0 Å². The summed E-state index contributed by atoms with van der Waals surface area (Å²) in [5.74, 6) is 0. The maximum Gasteiger partial charge on any atom is 0.0928 e. The molecule has 1 rings (SSSR count). The zero-order chi connectivity index (χ0) is 8.97. The molecule has 0 saturated heterocycles. The van der Waals surface area contributed by atoms with Crippen LogP contribution >= 0.6 is 11.3 Å². The summed E-state index contributed by atoms with van der Waals surface area (Å²) in [6.07, 6.45) is 3.34. The van der Waals surface area contributed by atoms with Gasteiger partial charge in [0.2, 0.25) is 0 Å². The van der Waals surface area contributed by atoms with Gasteiger partial charge in [0.1, 0.15) is 0 Å². The molecular formula is C9H16N2S. The molecule has 0 aliphatic carbocycles. The van der Waals surface area contributed by atoms with Gasteiger partial charge in [-0.3, -0.25) is 0 Å². The first-order chi connectivity index (χ1) is 5.68. The third kappa shape index (κ3) is 3.32. The quantitative estimate of drug-likeness (QED) is 0.778. The lowest BCUT2D eigenvalue weighted by molar-refractivity contribution is 0.623. The Balaban J connectivity index is 2.24. The van der Waals surface area contributed by atoms with E-state index in [1.165, 1.54) is 5.01 Å². The summed E-state index contributed by atoms with van der Waals surface area (Å²) in [7, 11) is 0. The van der Waals surface area contributed by atoms with Crippen molar-refractivity contribution >= 4 is 11.3 Å². The van der Waals surface area contributed by atoms with Gasteiger partial charge in [0, 0.05) is 17.1 Å². The van der Waals surface area contributed by atoms with Gasteiger partial charge < -0.3 is 5.73 Å². The van der Waals surface area contributed by atoms with Gasteiger partial charge >= 0.3 is 0 Å². The molecule has 3 heteroatoms. The minimum Gasteiger partial charge on any atom is -0.328 e. The highest BCUT2D eigenvalue weighted by atomic mass is 32.1. The highest BCUT2D eigenvalue weighted by molar-refractivity contribution is 7.09. The maximum absolute atomic E-state index is 5.64. The normalized spacial score (nSPS) is 13.2. The van der Waals surface area contributed by atoms with Crippen LogP contribution in [0, 0.1) is 6.92 Å². The van der Waals surface area contributed by atoms with Crippen LogP contribution < -0.4 is 5.73 Å². The van der Waals surface area contributed by atoms with Gasteiger partial charge in [0.15, 0.2) is 0 Å². The molecule has 1 atom stereocenters. The Bertz CT molecular complexity index is 230. The number of hydrogen-bond donors (Lipinski definition) is 1. The molecule has 1 heterocycles. The van der Waals surface area contributed by atoms with Crippen molar-refractivity contribution in [2.75, 3.05) is 0 Å². The van der Waals surface area contributed by atoms with E-state index in [-0.39, 0.29) is 0 Å². The standard InChI is InChI=1S/C9H16N2S/c1-7(10)4-3-5-9-11-8(2)6-12-9/h6-7H,3-5,10H2,1-2H3. The fourth-order valence-electron chi connectivity index (χ4n) is 1.09. The number of rotatable bonds is 4. The average molecular weight is 184 g/mol. The molecular weight excluding hydrogens is 168 g/mol. The van der Waals surface area contributed by atoms with E-state index in [9.17, 15) is 0 Å². The van der Waals surface area contributed by atoms with Crippen molar-refractivity contribution in [2.45, 2.75) is 39.2 Å². The van der Waals surface area contributed by atoms with E-state index in [0.717, 1.165) is 25.0 Å². The van der Waals surface area contributed by atoms with Crippen LogP contribution in [0.1, 0.15) is 30.5 Å². The molecule has 2 nitrogen and oxygen atoms in total. The number of nitrogens with zero attached hydrogens (tertiary/aromatic N) is 1. The van der Waals surface area contributed by atoms with Crippen LogP contribution in [0.3, 0.4) is 0 Å². The van der Waals surface area contributed by atoms with Crippen molar-refractivity contribution in [3.05, 3.63) is 16.1 Å². The zero-order valence-corrected chi connectivity index (χ0v) is 8.53. The first kappa shape index (κ1) is 9.68. The van der Waals surface area contributed by atoms with E-state index in [1.54, 1.807) is 11.3 Å². The van der Waals surface area contributed by atoms with Crippen molar-refractivity contribution < 1.29 is 0 Å². The second kappa shape index (κ2) is 4.58. The second-order valence-electron chi connectivity index (χ2n) is 3.25. The molecule has 0 aromatic carbocycles. The first-order valence-electron chi connectivity index (χ1n) is 4.35. The van der Waals surface area contributed by atoms with E-state index in [0.29, 0.717) is 6.04 Å². The second-order valence-corrected chi connectivity index (χ2v) is 4.19. The predicted molar refractivity (Wildman–Crippen MR) is 53.4 cm³/mol. The molecule has 0 amide bonds. The molecule has 0 radical (unpaired) electrons. The Morgan fingerprint density at radius 3 is 2.92 bits per heavy atom. The molecule has 68 valence electrons. The highest BCUT2D eigenvalue weighted by Crippen LogP contribution is 2.11. The zero-order valence-electron chi connectivity index (χ0n) is 7.71. The topological polar surface area (TPSA) is 38.9 Å². The average Bonchev–Trinajstić information content (AvgIpc) is 2.35. The molecule has 1 aromatic rings. The Morgan fingerprint density at radius 2 is 2.42 bits per heavy atom. The van der Waals surface area contributed by atoms with Crippen molar-refractivity contribution in [2.24, 2.45) is 5.73 Å². The van der Waals surface area contributed by atoms with Crippen molar-refractivity contribution in [3.8, 4) is 0 Å². The summed E-state index contributed by atoms with van der Waals surface area (Å²) in [6, 6.07) is 0.325. The third-order valence-electron chi connectivity index (χ3n) is 1.72. The lowest BCUT2D eigenvalue weighted by Gasteiger charge is -2.01. The molecule has 0 saturated carbocycles. The molecule has 0 aliphatic heterocycles. The molecule has 0 aliphatic rings. The first-order valence-corrected chi connectivity index (χ1v) is 5.23. The van der Waals surface area contributed by atoms with Gasteiger partial charge in [0.05, 0.1) is 5.01 Å². The molecule has 1 unspecified atom stereocenters. The van der Waals surface area contributed by atoms with Crippen LogP contribution in [0.5, 0.6) is 0 Å². The summed E-state index contributed by atoms with van der Waals surface area (Å²) < 4.78 is 0. The Labute approximate surface area is 77.8 Å². The van der Waals surface area contributed by atoms with E-state index in [1.807, 2.05) is 13.8 Å². The molecule has 1 aromatic heterocycles. The molecule has 0 fully saturated rings. The number of nitrogens with two attached hydrogens (primary N) is 1. The lowest BCUT2D eigenvalue weighted by Crippen LogP contribution is -2.14. The van der Waals surface area contributed by atoms with Crippen LogP contribution in [0.4, 0.5) is 0 Å². The van der Waals surface area contributed by atoms with E-state index in [4.69, 9.17) is 5.73 Å². The van der Waals surface area contributed by atoms with Crippen molar-refractivity contribution in [3.63, 3.8) is 0 Å². The van der Waals surface area contributed by atoms with Gasteiger partial charge in [-0.15, -0.1) is 11.3 Å². The summed E-state index contributed by atoms with van der Waals surface area (Å²) >= 11 is 1.75. The number of aryl methyl sites for hydroxylation is 2. The van der Waals surface area contributed by atoms with Crippen LogP contribution in [-0.4, -0.2) is 11.0 Å². The van der Waals surface area contributed by atoms with Crippen LogP contribution in [0.25, 0.3) is 0 Å². The monoisotopic (exact) mass is 184 g/mol. The molecule has 12 heavy (non-hydrogen) atoms. The maximum atomic E-state index is 5.64. The largest absolute Gasteiger partial charge is 0.328 e. The van der Waals surface area contributed by atoms with Gasteiger partial charge in [-0.05, 0) is 33.1 Å². The Kier molecular flexibility index (Phi) is 3.69. The summed E-state index contributed by atoms with van der Waals surface area (Å²) in [4.78, 5) is 4.39. The minimum absolute atomic E-state index is 0.325. The van der Waals surface area contributed by atoms with Crippen LogP contribution in [-0.2, 0) is 6.42 Å². The van der Waals surface area contributed by atoms with Crippen LogP contribution in [0.15, 0.2) is 5.38 Å². The SMILES string of the molecule is Cc1csc(CCCC(C)N)n1. The minimum atomic E-state index is 0.325. The van der Waals surface area contributed by atoms with Gasteiger partial charge in [-0.1, -0.05) is 0 Å². The summed E-state index contributed by atoms with van der Waals surface area (Å²) in [5.41, 5.74) is 6.78. The Hall–Kier alpha value is -0.410. The fourth-order valence-corrected chi connectivity index (χ4v) is 1.91. The number of hydrogen-bond acceptors (Lipinski definition) is 3. The lowest BCUT2D eigenvalue weighted by atomic mass is 10.1. The number of thiazole rings is 1. The molecule has 0 spiro atoms. The fraction of sp³-hybridized carbons (Fsp3) is 0.667. The van der Waals surface area contributed by atoms with E-state index < -0.39 is 0 Å². The third-order valence-corrected chi connectivity index (χ3v) is 2.74. The Morgan fingerprint density at radius 1 is 1.67 bits per heavy atom. The van der Waals surface area contributed by atoms with Gasteiger partial charge in [-0.2, -0.15) is 0 Å². The summed E-state index contributed by atoms with van der Waals surface area (Å²) in [6.45, 7) is 4.08. The smallest absolute Gasteiger partial charge is 0.0928 e. The van der Waals surface area contributed by atoms with E-state index >= 15 is 0 Å². The molecule has 2 N–H and O–H groups in total. The highest BCUT2D eigenvalue weighted by Gasteiger charge is 1.99.